The maximum Gasteiger partial charge on any atom is 0.273 e. The van der Waals surface area contributed by atoms with Crippen molar-refractivity contribution >= 4 is 44.2 Å². The molecular weight excluding hydrogens is 426 g/mol. The molecule has 0 atom stereocenters. The number of aromatic amines is 1. The van der Waals surface area contributed by atoms with Gasteiger partial charge in [0.15, 0.2) is 5.13 Å². The molecule has 0 saturated heterocycles. The van der Waals surface area contributed by atoms with Crippen molar-refractivity contribution in [1.29, 1.82) is 0 Å². The number of methoxy groups -OCH3 is 1. The molecule has 8 nitrogen and oxygen atoms in total. The van der Waals surface area contributed by atoms with E-state index in [0.717, 1.165) is 56.8 Å². The van der Waals surface area contributed by atoms with E-state index < -0.39 is 0 Å². The van der Waals surface area contributed by atoms with E-state index in [0.29, 0.717) is 16.5 Å². The van der Waals surface area contributed by atoms with Crippen LogP contribution in [-0.2, 0) is 17.6 Å². The highest BCUT2D eigenvalue weighted by Crippen LogP contribution is 2.36. The Labute approximate surface area is 188 Å². The van der Waals surface area contributed by atoms with Crippen LogP contribution in [0.4, 0.5) is 10.8 Å². The van der Waals surface area contributed by atoms with Crippen LogP contribution in [0.2, 0.25) is 0 Å². The molecule has 0 bridgehead atoms. The molecule has 0 spiro atoms. The first kappa shape index (κ1) is 20.2. The maximum atomic E-state index is 13.1. The van der Waals surface area contributed by atoms with Crippen molar-refractivity contribution in [1.82, 2.24) is 15.2 Å². The second-order valence-corrected chi connectivity index (χ2v) is 8.77. The van der Waals surface area contributed by atoms with E-state index in [1.165, 1.54) is 18.3 Å². The number of nitrogens with zero attached hydrogens (tertiary/aromatic N) is 2. The van der Waals surface area contributed by atoms with Crippen LogP contribution in [0.5, 0.6) is 5.75 Å². The lowest BCUT2D eigenvalue weighted by atomic mass is 9.89. The minimum atomic E-state index is -0.235. The van der Waals surface area contributed by atoms with Gasteiger partial charge in [0.05, 0.1) is 23.0 Å². The molecule has 0 radical (unpaired) electrons. The molecule has 1 aliphatic rings. The molecule has 2 aromatic carbocycles. The Morgan fingerprint density at radius 1 is 1.16 bits per heavy atom. The Balaban J connectivity index is 1.43. The van der Waals surface area contributed by atoms with Crippen molar-refractivity contribution < 1.29 is 14.3 Å². The minimum absolute atomic E-state index is 0.167. The smallest absolute Gasteiger partial charge is 0.273 e. The lowest BCUT2D eigenvalue weighted by Crippen LogP contribution is -2.16. The fraction of sp³-hybridized carbons (Fsp3) is 0.217. The molecule has 32 heavy (non-hydrogen) atoms. The Hall–Kier alpha value is -3.72. The number of ether oxygens (including phenoxy) is 1. The third-order valence-corrected chi connectivity index (χ3v) is 6.45. The van der Waals surface area contributed by atoms with Crippen molar-refractivity contribution in [3.05, 3.63) is 52.7 Å². The second kappa shape index (κ2) is 7.76. The first-order valence-electron chi connectivity index (χ1n) is 10.2. The zero-order chi connectivity index (χ0) is 22.4. The number of H-pyrrole nitrogens is 1. The highest BCUT2D eigenvalue weighted by molar-refractivity contribution is 7.22. The van der Waals surface area contributed by atoms with Crippen LogP contribution in [0.25, 0.3) is 21.5 Å². The van der Waals surface area contributed by atoms with Gasteiger partial charge < -0.3 is 15.4 Å². The van der Waals surface area contributed by atoms with E-state index in [1.54, 1.807) is 7.11 Å². The van der Waals surface area contributed by atoms with Crippen LogP contribution in [-0.4, -0.2) is 34.1 Å². The molecule has 2 heterocycles. The number of benzene rings is 2. The SMILES string of the molecule is COc1ccc2c(c1)CCc1c-2n[nH]c1C(=O)Nc1cc(C)c2nc(NC(C)=O)sc2c1. The van der Waals surface area contributed by atoms with Crippen LogP contribution in [0, 0.1) is 6.92 Å². The Morgan fingerprint density at radius 3 is 2.78 bits per heavy atom. The van der Waals surface area contributed by atoms with Crippen LogP contribution in [0.3, 0.4) is 0 Å². The molecule has 1 aliphatic carbocycles. The summed E-state index contributed by atoms with van der Waals surface area (Å²) < 4.78 is 6.21. The van der Waals surface area contributed by atoms with E-state index in [9.17, 15) is 9.59 Å². The van der Waals surface area contributed by atoms with Crippen molar-refractivity contribution in [2.45, 2.75) is 26.7 Å². The van der Waals surface area contributed by atoms with Gasteiger partial charge in [-0.1, -0.05) is 11.3 Å². The number of fused-ring (bicyclic) bond motifs is 4. The van der Waals surface area contributed by atoms with E-state index >= 15 is 0 Å². The quantitative estimate of drug-likeness (QED) is 0.432. The molecule has 5 rings (SSSR count). The van der Waals surface area contributed by atoms with Crippen molar-refractivity contribution in [3.8, 4) is 17.0 Å². The van der Waals surface area contributed by atoms with Gasteiger partial charge >= 0.3 is 0 Å². The molecule has 9 heteroatoms. The van der Waals surface area contributed by atoms with Gasteiger partial charge in [-0.25, -0.2) is 4.98 Å². The third-order valence-electron chi connectivity index (χ3n) is 5.53. The largest absolute Gasteiger partial charge is 0.497 e. The van der Waals surface area contributed by atoms with Gasteiger partial charge in [-0.15, -0.1) is 0 Å². The summed E-state index contributed by atoms with van der Waals surface area (Å²) in [7, 11) is 1.65. The number of thiazole rings is 1. The summed E-state index contributed by atoms with van der Waals surface area (Å²) in [6.45, 7) is 3.38. The van der Waals surface area contributed by atoms with Gasteiger partial charge in [0.1, 0.15) is 11.4 Å². The van der Waals surface area contributed by atoms with Crippen LogP contribution >= 0.6 is 11.3 Å². The summed E-state index contributed by atoms with van der Waals surface area (Å²) in [5, 5.41) is 13.6. The summed E-state index contributed by atoms with van der Waals surface area (Å²) >= 11 is 1.37. The highest BCUT2D eigenvalue weighted by Gasteiger charge is 2.26. The van der Waals surface area contributed by atoms with Crippen molar-refractivity contribution in [2.75, 3.05) is 17.7 Å². The predicted molar refractivity (Wildman–Crippen MR) is 125 cm³/mol. The highest BCUT2D eigenvalue weighted by atomic mass is 32.1. The Bertz CT molecular complexity index is 1390. The number of amides is 2. The summed E-state index contributed by atoms with van der Waals surface area (Å²) in [6.07, 6.45) is 1.54. The fourth-order valence-electron chi connectivity index (χ4n) is 4.08. The van der Waals surface area contributed by atoms with Crippen LogP contribution in [0.1, 0.15) is 34.1 Å². The number of anilines is 2. The lowest BCUT2D eigenvalue weighted by Gasteiger charge is -2.17. The van der Waals surface area contributed by atoms with Crippen molar-refractivity contribution in [2.24, 2.45) is 0 Å². The Kier molecular flexibility index (Phi) is 4.90. The van der Waals surface area contributed by atoms with E-state index in [-0.39, 0.29) is 11.8 Å². The summed E-state index contributed by atoms with van der Waals surface area (Å²) in [5.74, 6) is 0.413. The molecule has 0 aliphatic heterocycles. The fourth-order valence-corrected chi connectivity index (χ4v) is 5.11. The number of hydrogen-bond acceptors (Lipinski definition) is 6. The molecule has 4 aromatic rings. The topological polar surface area (TPSA) is 109 Å². The zero-order valence-corrected chi connectivity index (χ0v) is 18.6. The average molecular weight is 448 g/mol. The molecule has 2 amide bonds. The van der Waals surface area contributed by atoms with Crippen molar-refractivity contribution in [3.63, 3.8) is 0 Å². The standard InChI is InChI=1S/C23H21N5O3S/c1-11-8-14(10-18-19(11)26-23(32-18)24-12(2)29)25-22(30)21-17-6-4-13-9-15(31-3)5-7-16(13)20(17)27-28-21/h5,7-10H,4,6H2,1-3H3,(H,25,30)(H,27,28)(H,24,26,29). The number of carbonyl (C=O) groups is 2. The van der Waals surface area contributed by atoms with Crippen LogP contribution in [0.15, 0.2) is 30.3 Å². The van der Waals surface area contributed by atoms with Gasteiger partial charge in [0.2, 0.25) is 5.91 Å². The molecule has 0 fully saturated rings. The molecule has 0 unspecified atom stereocenters. The minimum Gasteiger partial charge on any atom is -0.497 e. The number of hydrogen-bond donors (Lipinski definition) is 3. The molecule has 2 aromatic heterocycles. The number of nitrogens with one attached hydrogen (secondary N) is 3. The number of carbonyl (C=O) groups excluding carboxylic acids is 2. The summed E-state index contributed by atoms with van der Waals surface area (Å²) in [6, 6.07) is 9.66. The number of rotatable bonds is 4. The lowest BCUT2D eigenvalue weighted by molar-refractivity contribution is -0.114. The summed E-state index contributed by atoms with van der Waals surface area (Å²) in [4.78, 5) is 28.9. The van der Waals surface area contributed by atoms with Gasteiger partial charge in [-0.2, -0.15) is 5.10 Å². The van der Waals surface area contributed by atoms with Gasteiger partial charge in [0, 0.05) is 23.7 Å². The summed E-state index contributed by atoms with van der Waals surface area (Å²) in [5.41, 5.74) is 6.79. The van der Waals surface area contributed by atoms with Gasteiger partial charge in [-0.05, 0) is 61.2 Å². The zero-order valence-electron chi connectivity index (χ0n) is 17.8. The molecule has 0 saturated carbocycles. The first-order valence-corrected chi connectivity index (χ1v) is 11.0. The first-order chi connectivity index (χ1) is 15.4. The monoisotopic (exact) mass is 447 g/mol. The molecule has 162 valence electrons. The maximum absolute atomic E-state index is 13.1. The van der Waals surface area contributed by atoms with E-state index in [1.807, 2.05) is 37.3 Å². The van der Waals surface area contributed by atoms with Crippen LogP contribution < -0.4 is 15.4 Å². The van der Waals surface area contributed by atoms with Gasteiger partial charge in [0.25, 0.3) is 5.91 Å². The van der Waals surface area contributed by atoms with Gasteiger partial charge in [-0.3, -0.25) is 14.7 Å². The normalized spacial score (nSPS) is 12.2. The number of aryl methyl sites for hydroxylation is 2. The predicted octanol–water partition coefficient (Wildman–Crippen LogP) is 4.31. The molecular formula is C23H21N5O3S. The Morgan fingerprint density at radius 2 is 2.00 bits per heavy atom. The number of aromatic nitrogens is 3. The van der Waals surface area contributed by atoms with E-state index in [4.69, 9.17) is 4.74 Å². The average Bonchev–Trinajstić information content (AvgIpc) is 3.37. The third kappa shape index (κ3) is 3.50. The molecule has 3 N–H and O–H groups in total. The second-order valence-electron chi connectivity index (χ2n) is 7.74. The van der Waals surface area contributed by atoms with E-state index in [2.05, 4.69) is 25.8 Å².